The van der Waals surface area contributed by atoms with Crippen LogP contribution >= 0.6 is 0 Å². The van der Waals surface area contributed by atoms with Gasteiger partial charge in [-0.3, -0.25) is 9.79 Å². The number of carbonyl (C=O) groups is 1. The van der Waals surface area contributed by atoms with Crippen molar-refractivity contribution in [2.24, 2.45) is 16.1 Å². The zero-order valence-corrected chi connectivity index (χ0v) is 9.35. The predicted octanol–water partition coefficient (Wildman–Crippen LogP) is -0.317. The minimum atomic E-state index is -0.343. The molecule has 0 saturated carbocycles. The molecule has 82 valence electrons. The van der Waals surface area contributed by atoms with E-state index in [9.17, 15) is 4.79 Å². The molecular weight excluding hydrogens is 180 g/mol. The molecule has 0 atom stereocenters. The fourth-order valence-corrected chi connectivity index (χ4v) is 0.711. The van der Waals surface area contributed by atoms with Crippen LogP contribution in [0.2, 0.25) is 0 Å². The van der Waals surface area contributed by atoms with E-state index in [0.29, 0.717) is 19.0 Å². The molecule has 1 amide bonds. The SMILES string of the molecule is CN=C(N)NCCNC(=O)C(C)(C)C. The van der Waals surface area contributed by atoms with Crippen LogP contribution in [0.3, 0.4) is 0 Å². The van der Waals surface area contributed by atoms with E-state index in [-0.39, 0.29) is 11.3 Å². The second-order valence-corrected chi connectivity index (χ2v) is 4.04. The summed E-state index contributed by atoms with van der Waals surface area (Å²) >= 11 is 0. The Hall–Kier alpha value is -1.26. The van der Waals surface area contributed by atoms with Crippen LogP contribution in [-0.4, -0.2) is 32.0 Å². The zero-order chi connectivity index (χ0) is 11.2. The van der Waals surface area contributed by atoms with E-state index in [4.69, 9.17) is 5.73 Å². The topological polar surface area (TPSA) is 79.5 Å². The maximum Gasteiger partial charge on any atom is 0.225 e. The lowest BCUT2D eigenvalue weighted by atomic mass is 9.96. The first-order valence-corrected chi connectivity index (χ1v) is 4.62. The smallest absolute Gasteiger partial charge is 0.225 e. The number of aliphatic imine (C=N–C) groups is 1. The highest BCUT2D eigenvalue weighted by molar-refractivity contribution is 5.81. The highest BCUT2D eigenvalue weighted by Crippen LogP contribution is 2.11. The predicted molar refractivity (Wildman–Crippen MR) is 58.0 cm³/mol. The van der Waals surface area contributed by atoms with Crippen molar-refractivity contribution in [2.75, 3.05) is 20.1 Å². The van der Waals surface area contributed by atoms with Gasteiger partial charge in [0.1, 0.15) is 0 Å². The van der Waals surface area contributed by atoms with Crippen molar-refractivity contribution in [3.63, 3.8) is 0 Å². The van der Waals surface area contributed by atoms with E-state index in [1.54, 1.807) is 7.05 Å². The summed E-state index contributed by atoms with van der Waals surface area (Å²) in [6.07, 6.45) is 0. The van der Waals surface area contributed by atoms with Gasteiger partial charge in [0.05, 0.1) is 0 Å². The maximum absolute atomic E-state index is 11.4. The average molecular weight is 200 g/mol. The van der Waals surface area contributed by atoms with Gasteiger partial charge in [0.25, 0.3) is 0 Å². The molecule has 0 rings (SSSR count). The Balaban J connectivity index is 3.61. The van der Waals surface area contributed by atoms with Gasteiger partial charge in [-0.15, -0.1) is 0 Å². The van der Waals surface area contributed by atoms with Crippen LogP contribution in [-0.2, 0) is 4.79 Å². The van der Waals surface area contributed by atoms with Crippen molar-refractivity contribution in [3.8, 4) is 0 Å². The minimum absolute atomic E-state index is 0.0336. The Morgan fingerprint density at radius 2 is 1.79 bits per heavy atom. The highest BCUT2D eigenvalue weighted by Gasteiger charge is 2.19. The quantitative estimate of drug-likeness (QED) is 0.332. The van der Waals surface area contributed by atoms with E-state index in [1.165, 1.54) is 0 Å². The number of nitrogens with zero attached hydrogens (tertiary/aromatic N) is 1. The minimum Gasteiger partial charge on any atom is -0.370 e. The zero-order valence-electron chi connectivity index (χ0n) is 9.35. The van der Waals surface area contributed by atoms with E-state index in [2.05, 4.69) is 15.6 Å². The lowest BCUT2D eigenvalue weighted by molar-refractivity contribution is -0.128. The molecule has 0 saturated heterocycles. The molecule has 0 aromatic heterocycles. The van der Waals surface area contributed by atoms with Crippen molar-refractivity contribution >= 4 is 11.9 Å². The Kier molecular flexibility index (Phi) is 4.97. The standard InChI is InChI=1S/C9H20N4O/c1-9(2,3)7(14)12-5-6-13-8(10)11-4/h5-6H2,1-4H3,(H,12,14)(H3,10,11,13). The van der Waals surface area contributed by atoms with Crippen molar-refractivity contribution < 1.29 is 4.79 Å². The van der Waals surface area contributed by atoms with Crippen molar-refractivity contribution in [1.29, 1.82) is 0 Å². The summed E-state index contributed by atoms with van der Waals surface area (Å²) in [5.74, 6) is 0.418. The number of hydrogen-bond acceptors (Lipinski definition) is 2. The molecular formula is C9H20N4O. The summed E-state index contributed by atoms with van der Waals surface area (Å²) in [6, 6.07) is 0. The summed E-state index contributed by atoms with van der Waals surface area (Å²) in [6.45, 7) is 6.75. The molecule has 0 fully saturated rings. The molecule has 14 heavy (non-hydrogen) atoms. The molecule has 0 radical (unpaired) electrons. The van der Waals surface area contributed by atoms with Crippen molar-refractivity contribution in [2.45, 2.75) is 20.8 Å². The van der Waals surface area contributed by atoms with Crippen molar-refractivity contribution in [1.82, 2.24) is 10.6 Å². The Labute approximate surface area is 85.2 Å². The molecule has 0 spiro atoms. The van der Waals surface area contributed by atoms with Crippen LogP contribution in [0, 0.1) is 5.41 Å². The fraction of sp³-hybridized carbons (Fsp3) is 0.778. The maximum atomic E-state index is 11.4. The molecule has 0 aromatic rings. The van der Waals surface area contributed by atoms with Gasteiger partial charge in [-0.2, -0.15) is 0 Å². The summed E-state index contributed by atoms with van der Waals surface area (Å²) in [4.78, 5) is 15.1. The van der Waals surface area contributed by atoms with Crippen LogP contribution in [0.25, 0.3) is 0 Å². The van der Waals surface area contributed by atoms with E-state index < -0.39 is 0 Å². The van der Waals surface area contributed by atoms with Gasteiger partial charge in [-0.1, -0.05) is 20.8 Å². The third-order valence-corrected chi connectivity index (χ3v) is 1.64. The number of rotatable bonds is 3. The van der Waals surface area contributed by atoms with E-state index in [1.807, 2.05) is 20.8 Å². The van der Waals surface area contributed by atoms with E-state index >= 15 is 0 Å². The van der Waals surface area contributed by atoms with Crippen LogP contribution in [0.5, 0.6) is 0 Å². The molecule has 4 N–H and O–H groups in total. The summed E-state index contributed by atoms with van der Waals surface area (Å²) in [5, 5.41) is 5.64. The lowest BCUT2D eigenvalue weighted by Gasteiger charge is -2.17. The lowest BCUT2D eigenvalue weighted by Crippen LogP contribution is -2.41. The second kappa shape index (κ2) is 5.47. The number of nitrogens with one attached hydrogen (secondary N) is 2. The monoisotopic (exact) mass is 200 g/mol. The third kappa shape index (κ3) is 5.40. The molecule has 5 nitrogen and oxygen atoms in total. The first kappa shape index (κ1) is 12.7. The number of guanidine groups is 1. The highest BCUT2D eigenvalue weighted by atomic mass is 16.2. The fourth-order valence-electron chi connectivity index (χ4n) is 0.711. The number of carbonyl (C=O) groups excluding carboxylic acids is 1. The summed E-state index contributed by atoms with van der Waals surface area (Å²) in [5.41, 5.74) is 5.06. The largest absolute Gasteiger partial charge is 0.370 e. The van der Waals surface area contributed by atoms with Gasteiger partial charge >= 0.3 is 0 Å². The van der Waals surface area contributed by atoms with Crippen LogP contribution < -0.4 is 16.4 Å². The van der Waals surface area contributed by atoms with Crippen LogP contribution in [0.15, 0.2) is 4.99 Å². The molecule has 0 aromatic carbocycles. The Morgan fingerprint density at radius 3 is 2.21 bits per heavy atom. The Morgan fingerprint density at radius 1 is 1.29 bits per heavy atom. The second-order valence-electron chi connectivity index (χ2n) is 4.04. The third-order valence-electron chi connectivity index (χ3n) is 1.64. The van der Waals surface area contributed by atoms with Gasteiger partial charge < -0.3 is 16.4 Å². The first-order valence-electron chi connectivity index (χ1n) is 4.62. The Bertz CT molecular complexity index is 217. The number of hydrogen-bond donors (Lipinski definition) is 3. The molecule has 5 heteroatoms. The molecule has 0 aliphatic rings. The van der Waals surface area contributed by atoms with E-state index in [0.717, 1.165) is 0 Å². The van der Waals surface area contributed by atoms with Gasteiger partial charge in [-0.05, 0) is 0 Å². The van der Waals surface area contributed by atoms with Gasteiger partial charge in [0, 0.05) is 25.6 Å². The average Bonchev–Trinajstić information content (AvgIpc) is 2.09. The number of nitrogens with two attached hydrogens (primary N) is 1. The van der Waals surface area contributed by atoms with Gasteiger partial charge in [0.15, 0.2) is 5.96 Å². The van der Waals surface area contributed by atoms with Gasteiger partial charge in [-0.25, -0.2) is 0 Å². The first-order chi connectivity index (χ1) is 6.38. The molecule has 0 unspecified atom stereocenters. The molecule has 0 bridgehead atoms. The normalized spacial score (nSPS) is 12.4. The van der Waals surface area contributed by atoms with Crippen LogP contribution in [0.4, 0.5) is 0 Å². The molecule has 0 heterocycles. The number of amides is 1. The molecule has 0 aliphatic carbocycles. The van der Waals surface area contributed by atoms with Crippen LogP contribution in [0.1, 0.15) is 20.8 Å². The summed E-state index contributed by atoms with van der Waals surface area (Å²) < 4.78 is 0. The van der Waals surface area contributed by atoms with Crippen molar-refractivity contribution in [3.05, 3.63) is 0 Å². The van der Waals surface area contributed by atoms with Gasteiger partial charge in [0.2, 0.25) is 5.91 Å². The summed E-state index contributed by atoms with van der Waals surface area (Å²) in [7, 11) is 1.61. The molecule has 0 aliphatic heterocycles.